The summed E-state index contributed by atoms with van der Waals surface area (Å²) >= 11 is 0. The summed E-state index contributed by atoms with van der Waals surface area (Å²) in [6.45, 7) is 0.0706. The summed E-state index contributed by atoms with van der Waals surface area (Å²) < 4.78 is 4.91. The molecule has 0 spiro atoms. The average Bonchev–Trinajstić information content (AvgIpc) is 2.97. The zero-order valence-electron chi connectivity index (χ0n) is 11.2. The minimum absolute atomic E-state index is 0.181. The summed E-state index contributed by atoms with van der Waals surface area (Å²) in [6.07, 6.45) is 0. The smallest absolute Gasteiger partial charge is 0.269 e. The molecule has 20 heavy (non-hydrogen) atoms. The van der Waals surface area contributed by atoms with Crippen molar-refractivity contribution < 1.29 is 14.6 Å². The topological polar surface area (TPSA) is 87.2 Å². The maximum Gasteiger partial charge on any atom is 0.269 e. The fourth-order valence-corrected chi connectivity index (χ4v) is 1.80. The second-order valence-electron chi connectivity index (χ2n) is 4.34. The fraction of sp³-hybridized carbons (Fsp3) is 0.286. The molecule has 1 aromatic carbocycles. The van der Waals surface area contributed by atoms with Crippen molar-refractivity contribution in [2.24, 2.45) is 0 Å². The van der Waals surface area contributed by atoms with Gasteiger partial charge >= 0.3 is 0 Å². The average molecular weight is 275 g/mol. The first-order valence-electron chi connectivity index (χ1n) is 6.26. The van der Waals surface area contributed by atoms with Crippen LogP contribution in [0, 0.1) is 0 Å². The molecular weight excluding hydrogens is 258 g/mol. The van der Waals surface area contributed by atoms with Crippen molar-refractivity contribution in [2.45, 2.75) is 6.04 Å². The van der Waals surface area contributed by atoms with Gasteiger partial charge in [-0.25, -0.2) is 0 Å². The molecule has 106 valence electrons. The lowest BCUT2D eigenvalue weighted by atomic mass is 10.1. The highest BCUT2D eigenvalue weighted by atomic mass is 16.5. The van der Waals surface area contributed by atoms with Crippen molar-refractivity contribution in [1.82, 2.24) is 15.5 Å². The molecule has 0 saturated heterocycles. The van der Waals surface area contributed by atoms with Gasteiger partial charge in [-0.2, -0.15) is 5.10 Å². The number of rotatable bonds is 6. The Bertz CT molecular complexity index is 554. The fourth-order valence-electron chi connectivity index (χ4n) is 1.80. The van der Waals surface area contributed by atoms with Gasteiger partial charge in [0.25, 0.3) is 5.91 Å². The normalized spacial score (nSPS) is 12.1. The minimum Gasteiger partial charge on any atom is -0.394 e. The highest BCUT2D eigenvalue weighted by Gasteiger charge is 2.15. The molecule has 3 N–H and O–H groups in total. The first kappa shape index (κ1) is 14.2. The van der Waals surface area contributed by atoms with Crippen molar-refractivity contribution in [1.29, 1.82) is 0 Å². The van der Waals surface area contributed by atoms with E-state index in [9.17, 15) is 4.79 Å². The number of nitrogens with zero attached hydrogens (tertiary/aromatic N) is 1. The van der Waals surface area contributed by atoms with Crippen LogP contribution in [0.4, 0.5) is 0 Å². The van der Waals surface area contributed by atoms with E-state index in [1.54, 1.807) is 6.07 Å². The summed E-state index contributed by atoms with van der Waals surface area (Å²) in [4.78, 5) is 12.0. The molecule has 1 heterocycles. The standard InChI is InChI=1S/C14H17N3O3/c1-20-9-11(8-18)15-14(19)13-7-12(16-17-13)10-5-3-2-4-6-10/h2-7,11,18H,8-9H2,1H3,(H,15,19)(H,16,17). The van der Waals surface area contributed by atoms with Crippen LogP contribution in [0.1, 0.15) is 10.5 Å². The predicted molar refractivity (Wildman–Crippen MR) is 74.2 cm³/mol. The molecule has 1 aromatic heterocycles. The lowest BCUT2D eigenvalue weighted by Gasteiger charge is -2.14. The number of H-pyrrole nitrogens is 1. The summed E-state index contributed by atoms with van der Waals surface area (Å²) in [5.41, 5.74) is 1.97. The number of aromatic amines is 1. The van der Waals surface area contributed by atoms with Crippen LogP contribution in [0.5, 0.6) is 0 Å². The Morgan fingerprint density at radius 2 is 2.20 bits per heavy atom. The highest BCUT2D eigenvalue weighted by molar-refractivity contribution is 5.93. The lowest BCUT2D eigenvalue weighted by Crippen LogP contribution is -2.40. The van der Waals surface area contributed by atoms with Crippen LogP contribution in [-0.4, -0.2) is 47.6 Å². The zero-order chi connectivity index (χ0) is 14.4. The summed E-state index contributed by atoms with van der Waals surface area (Å²) in [5, 5.41) is 18.6. The SMILES string of the molecule is COCC(CO)NC(=O)c1cc(-c2ccccc2)n[nH]1. The third-order valence-corrected chi connectivity index (χ3v) is 2.82. The van der Waals surface area contributed by atoms with Gasteiger partial charge in [-0.05, 0) is 6.07 Å². The Morgan fingerprint density at radius 1 is 1.45 bits per heavy atom. The van der Waals surface area contributed by atoms with Crippen molar-refractivity contribution in [3.63, 3.8) is 0 Å². The summed E-state index contributed by atoms with van der Waals surface area (Å²) in [7, 11) is 1.51. The molecule has 0 saturated carbocycles. The van der Waals surface area contributed by atoms with E-state index in [4.69, 9.17) is 9.84 Å². The third kappa shape index (κ3) is 3.43. The first-order valence-corrected chi connectivity index (χ1v) is 6.26. The van der Waals surface area contributed by atoms with Gasteiger partial charge in [0.05, 0.1) is 24.9 Å². The Kier molecular flexibility index (Phi) is 4.86. The molecule has 0 aliphatic heterocycles. The van der Waals surface area contributed by atoms with Crippen LogP contribution in [0.3, 0.4) is 0 Å². The van der Waals surface area contributed by atoms with E-state index in [0.717, 1.165) is 5.56 Å². The van der Waals surface area contributed by atoms with Gasteiger partial charge in [-0.1, -0.05) is 30.3 Å². The van der Waals surface area contributed by atoms with E-state index < -0.39 is 6.04 Å². The zero-order valence-corrected chi connectivity index (χ0v) is 11.2. The van der Waals surface area contributed by atoms with Gasteiger partial charge in [-0.15, -0.1) is 0 Å². The lowest BCUT2D eigenvalue weighted by molar-refractivity contribution is 0.0835. The number of amides is 1. The van der Waals surface area contributed by atoms with Crippen LogP contribution >= 0.6 is 0 Å². The summed E-state index contributed by atoms with van der Waals surface area (Å²) in [6, 6.07) is 10.8. The number of methoxy groups -OCH3 is 1. The Hall–Kier alpha value is -2.18. The van der Waals surface area contributed by atoms with Crippen molar-refractivity contribution >= 4 is 5.91 Å². The molecule has 2 aromatic rings. The van der Waals surface area contributed by atoms with E-state index in [-0.39, 0.29) is 19.1 Å². The van der Waals surface area contributed by atoms with E-state index in [1.165, 1.54) is 7.11 Å². The molecule has 0 aliphatic carbocycles. The van der Waals surface area contributed by atoms with Gasteiger partial charge in [0, 0.05) is 12.7 Å². The van der Waals surface area contributed by atoms with Crippen LogP contribution < -0.4 is 5.32 Å². The monoisotopic (exact) mass is 275 g/mol. The molecule has 1 amide bonds. The number of benzene rings is 1. The number of carbonyl (C=O) groups excluding carboxylic acids is 1. The second-order valence-corrected chi connectivity index (χ2v) is 4.34. The third-order valence-electron chi connectivity index (χ3n) is 2.82. The van der Waals surface area contributed by atoms with E-state index in [1.807, 2.05) is 30.3 Å². The van der Waals surface area contributed by atoms with Crippen LogP contribution in [0.2, 0.25) is 0 Å². The number of hydrogen-bond acceptors (Lipinski definition) is 4. The van der Waals surface area contributed by atoms with E-state index in [0.29, 0.717) is 11.4 Å². The van der Waals surface area contributed by atoms with Gasteiger partial charge in [0.2, 0.25) is 0 Å². The number of ether oxygens (including phenoxy) is 1. The van der Waals surface area contributed by atoms with Gasteiger partial charge in [0.15, 0.2) is 0 Å². The minimum atomic E-state index is -0.434. The maximum atomic E-state index is 12.0. The molecule has 2 rings (SSSR count). The van der Waals surface area contributed by atoms with Gasteiger partial charge in [0.1, 0.15) is 5.69 Å². The molecule has 0 radical (unpaired) electrons. The van der Waals surface area contributed by atoms with Gasteiger partial charge < -0.3 is 15.2 Å². The molecule has 0 fully saturated rings. The molecule has 0 bridgehead atoms. The van der Waals surface area contributed by atoms with Crippen molar-refractivity contribution in [3.05, 3.63) is 42.1 Å². The number of nitrogens with one attached hydrogen (secondary N) is 2. The first-order chi connectivity index (χ1) is 9.74. The molecule has 1 unspecified atom stereocenters. The largest absolute Gasteiger partial charge is 0.394 e. The van der Waals surface area contributed by atoms with Crippen LogP contribution in [-0.2, 0) is 4.74 Å². The molecule has 6 nitrogen and oxygen atoms in total. The van der Waals surface area contributed by atoms with E-state index in [2.05, 4.69) is 15.5 Å². The number of aliphatic hydroxyl groups excluding tert-OH is 1. The molecule has 1 atom stereocenters. The number of carbonyl (C=O) groups is 1. The van der Waals surface area contributed by atoms with E-state index >= 15 is 0 Å². The predicted octanol–water partition coefficient (Wildman–Crippen LogP) is 0.814. The quantitative estimate of drug-likeness (QED) is 0.728. The Morgan fingerprint density at radius 3 is 2.85 bits per heavy atom. The maximum absolute atomic E-state index is 12.0. The second kappa shape index (κ2) is 6.83. The van der Waals surface area contributed by atoms with Crippen molar-refractivity contribution in [2.75, 3.05) is 20.3 Å². The highest BCUT2D eigenvalue weighted by Crippen LogP contribution is 2.16. The Labute approximate surface area is 116 Å². The Balaban J connectivity index is 2.07. The molecule has 0 aliphatic rings. The molecule has 6 heteroatoms. The number of aliphatic hydroxyl groups is 1. The van der Waals surface area contributed by atoms with Gasteiger partial charge in [-0.3, -0.25) is 9.89 Å². The van der Waals surface area contributed by atoms with Crippen molar-refractivity contribution in [3.8, 4) is 11.3 Å². The van der Waals surface area contributed by atoms with Crippen LogP contribution in [0.15, 0.2) is 36.4 Å². The number of aromatic nitrogens is 2. The molecular formula is C14H17N3O3. The number of hydrogen-bond donors (Lipinski definition) is 3. The summed E-state index contributed by atoms with van der Waals surface area (Å²) in [5.74, 6) is -0.323. The van der Waals surface area contributed by atoms with Crippen LogP contribution in [0.25, 0.3) is 11.3 Å².